The topological polar surface area (TPSA) is 84.7 Å². The van der Waals surface area contributed by atoms with Crippen LogP contribution in [0.25, 0.3) is 5.69 Å². The van der Waals surface area contributed by atoms with E-state index in [-0.39, 0.29) is 43.3 Å². The van der Waals surface area contributed by atoms with Gasteiger partial charge in [-0.2, -0.15) is 27.3 Å². The third-order valence-electron chi connectivity index (χ3n) is 5.39. The van der Waals surface area contributed by atoms with Crippen molar-refractivity contribution in [3.63, 3.8) is 0 Å². The summed E-state index contributed by atoms with van der Waals surface area (Å²) in [6.45, 7) is 3.26. The van der Waals surface area contributed by atoms with Crippen LogP contribution in [0.1, 0.15) is 26.7 Å². The molecule has 0 amide bonds. The number of benzene rings is 1. The molecule has 0 spiro atoms. The van der Waals surface area contributed by atoms with Gasteiger partial charge in [-0.3, -0.25) is 4.79 Å². The molecule has 2 heterocycles. The van der Waals surface area contributed by atoms with E-state index in [1.807, 2.05) is 0 Å². The SMILES string of the molecule is CC(C)S(=O)(=O)N1CCN(c2cnn(-c3cc(F)cc(F)c3)c(=O)c2OCCCC(F)(F)F)CC1. The molecule has 194 valence electrons. The molecule has 0 atom stereocenters. The lowest BCUT2D eigenvalue weighted by Gasteiger charge is -2.36. The summed E-state index contributed by atoms with van der Waals surface area (Å²) in [5.74, 6) is -2.24. The smallest absolute Gasteiger partial charge is 0.389 e. The summed E-state index contributed by atoms with van der Waals surface area (Å²) in [7, 11) is -3.49. The second-order valence-electron chi connectivity index (χ2n) is 8.25. The van der Waals surface area contributed by atoms with Crippen LogP contribution in [-0.2, 0) is 10.0 Å². The van der Waals surface area contributed by atoms with Crippen molar-refractivity contribution in [3.8, 4) is 11.4 Å². The molecule has 0 unspecified atom stereocenters. The van der Waals surface area contributed by atoms with Crippen molar-refractivity contribution in [2.45, 2.75) is 38.1 Å². The van der Waals surface area contributed by atoms with Crippen molar-refractivity contribution in [3.05, 3.63) is 46.4 Å². The zero-order valence-corrected chi connectivity index (χ0v) is 19.9. The van der Waals surface area contributed by atoms with Crippen LogP contribution in [0.4, 0.5) is 27.6 Å². The molecule has 14 heteroatoms. The van der Waals surface area contributed by atoms with Crippen molar-refractivity contribution in [2.75, 3.05) is 37.7 Å². The molecule has 1 aliphatic rings. The van der Waals surface area contributed by atoms with E-state index >= 15 is 0 Å². The summed E-state index contributed by atoms with van der Waals surface area (Å²) in [4.78, 5) is 14.8. The minimum atomic E-state index is -4.40. The highest BCUT2D eigenvalue weighted by molar-refractivity contribution is 7.89. The molecule has 35 heavy (non-hydrogen) atoms. The molecule has 1 aliphatic heterocycles. The Morgan fingerprint density at radius 2 is 1.66 bits per heavy atom. The van der Waals surface area contributed by atoms with E-state index < -0.39 is 58.1 Å². The van der Waals surface area contributed by atoms with Crippen LogP contribution in [0.2, 0.25) is 0 Å². The van der Waals surface area contributed by atoms with Crippen molar-refractivity contribution >= 4 is 15.7 Å². The van der Waals surface area contributed by atoms with Crippen molar-refractivity contribution in [1.29, 1.82) is 0 Å². The third kappa shape index (κ3) is 6.48. The molecule has 1 fully saturated rings. The maximum Gasteiger partial charge on any atom is 0.389 e. The molecule has 1 aromatic heterocycles. The Balaban J connectivity index is 1.92. The fraction of sp³-hybridized carbons (Fsp3) is 0.524. The van der Waals surface area contributed by atoms with Gasteiger partial charge in [-0.15, -0.1) is 0 Å². The minimum Gasteiger partial charge on any atom is -0.486 e. The summed E-state index contributed by atoms with van der Waals surface area (Å²) in [5, 5.41) is 3.36. The van der Waals surface area contributed by atoms with Gasteiger partial charge < -0.3 is 9.64 Å². The Labute approximate surface area is 198 Å². The number of piperazine rings is 1. The number of aromatic nitrogens is 2. The Morgan fingerprint density at radius 3 is 2.20 bits per heavy atom. The summed E-state index contributed by atoms with van der Waals surface area (Å²) >= 11 is 0. The predicted molar refractivity (Wildman–Crippen MR) is 118 cm³/mol. The van der Waals surface area contributed by atoms with Crippen LogP contribution in [0, 0.1) is 11.6 Å². The van der Waals surface area contributed by atoms with Crippen LogP contribution < -0.4 is 15.2 Å². The maximum atomic E-state index is 13.7. The predicted octanol–water partition coefficient (Wildman–Crippen LogP) is 3.09. The highest BCUT2D eigenvalue weighted by atomic mass is 32.2. The maximum absolute atomic E-state index is 13.7. The third-order valence-corrected chi connectivity index (χ3v) is 7.67. The average Bonchev–Trinajstić information content (AvgIpc) is 2.76. The Hall–Kier alpha value is -2.74. The number of rotatable bonds is 8. The van der Waals surface area contributed by atoms with Crippen LogP contribution in [0.15, 0.2) is 29.2 Å². The number of nitrogens with zero attached hydrogens (tertiary/aromatic N) is 4. The number of anilines is 1. The van der Waals surface area contributed by atoms with Gasteiger partial charge in [-0.25, -0.2) is 17.2 Å². The Morgan fingerprint density at radius 1 is 1.06 bits per heavy atom. The van der Waals surface area contributed by atoms with E-state index in [9.17, 15) is 35.2 Å². The number of hydrogen-bond donors (Lipinski definition) is 0. The van der Waals surface area contributed by atoms with Gasteiger partial charge in [-0.05, 0) is 32.4 Å². The number of hydrogen-bond acceptors (Lipinski definition) is 6. The van der Waals surface area contributed by atoms with Gasteiger partial charge in [0.05, 0.1) is 23.7 Å². The van der Waals surface area contributed by atoms with Crippen LogP contribution in [0.3, 0.4) is 0 Å². The van der Waals surface area contributed by atoms with E-state index in [1.54, 1.807) is 18.7 Å². The van der Waals surface area contributed by atoms with Gasteiger partial charge in [0.15, 0.2) is 0 Å². The second-order valence-corrected chi connectivity index (χ2v) is 10.7. The zero-order chi connectivity index (χ0) is 26.0. The van der Waals surface area contributed by atoms with Crippen LogP contribution >= 0.6 is 0 Å². The lowest BCUT2D eigenvalue weighted by atomic mass is 10.2. The van der Waals surface area contributed by atoms with Gasteiger partial charge in [0.25, 0.3) is 0 Å². The van der Waals surface area contributed by atoms with Gasteiger partial charge >= 0.3 is 11.7 Å². The van der Waals surface area contributed by atoms with E-state index in [1.165, 1.54) is 10.5 Å². The molecule has 0 saturated carbocycles. The van der Waals surface area contributed by atoms with Crippen molar-refractivity contribution in [1.82, 2.24) is 14.1 Å². The van der Waals surface area contributed by atoms with E-state index in [2.05, 4.69) is 5.10 Å². The minimum absolute atomic E-state index is 0.117. The number of alkyl halides is 3. The molecular weight excluding hydrogens is 499 g/mol. The summed E-state index contributed by atoms with van der Waals surface area (Å²) in [6, 6.07) is 2.36. The molecule has 2 aromatic rings. The molecule has 0 aliphatic carbocycles. The van der Waals surface area contributed by atoms with Crippen molar-refractivity contribution < 1.29 is 35.1 Å². The molecule has 0 bridgehead atoms. The Kier molecular flexibility index (Phi) is 8.04. The fourth-order valence-corrected chi connectivity index (χ4v) is 4.83. The van der Waals surface area contributed by atoms with Gasteiger partial charge in [0.2, 0.25) is 15.8 Å². The summed E-state index contributed by atoms with van der Waals surface area (Å²) in [6.07, 6.45) is -4.74. The first kappa shape index (κ1) is 26.9. The highest BCUT2D eigenvalue weighted by Gasteiger charge is 2.31. The van der Waals surface area contributed by atoms with E-state index in [0.29, 0.717) is 10.7 Å². The number of halogens is 5. The lowest BCUT2D eigenvalue weighted by Crippen LogP contribution is -2.50. The molecular formula is C21H25F5N4O4S. The summed E-state index contributed by atoms with van der Waals surface area (Å²) < 4.78 is 97.2. The molecule has 0 radical (unpaired) electrons. The first-order chi connectivity index (χ1) is 16.3. The van der Waals surface area contributed by atoms with Gasteiger partial charge in [-0.1, -0.05) is 0 Å². The molecule has 3 rings (SSSR count). The average molecular weight is 525 g/mol. The molecule has 1 saturated heterocycles. The summed E-state index contributed by atoms with van der Waals surface area (Å²) in [5.41, 5.74) is -1.000. The van der Waals surface area contributed by atoms with Gasteiger partial charge in [0, 0.05) is 38.7 Å². The largest absolute Gasteiger partial charge is 0.486 e. The molecule has 8 nitrogen and oxygen atoms in total. The Bertz CT molecular complexity index is 1190. The lowest BCUT2D eigenvalue weighted by molar-refractivity contribution is -0.136. The van der Waals surface area contributed by atoms with Gasteiger partial charge in [0.1, 0.15) is 17.3 Å². The zero-order valence-electron chi connectivity index (χ0n) is 19.1. The normalized spacial score (nSPS) is 15.6. The van der Waals surface area contributed by atoms with E-state index in [0.717, 1.165) is 12.1 Å². The van der Waals surface area contributed by atoms with Crippen LogP contribution in [0.5, 0.6) is 5.75 Å². The second kappa shape index (κ2) is 10.5. The number of sulfonamides is 1. The first-order valence-electron chi connectivity index (χ1n) is 10.8. The highest BCUT2D eigenvalue weighted by Crippen LogP contribution is 2.28. The monoisotopic (exact) mass is 524 g/mol. The molecule has 0 N–H and O–H groups in total. The van der Waals surface area contributed by atoms with Crippen LogP contribution in [-0.4, -0.2) is 66.7 Å². The quantitative estimate of drug-likeness (QED) is 0.390. The molecule has 1 aromatic carbocycles. The number of ether oxygens (including phenoxy) is 1. The van der Waals surface area contributed by atoms with Crippen molar-refractivity contribution in [2.24, 2.45) is 0 Å². The van der Waals surface area contributed by atoms with E-state index in [4.69, 9.17) is 4.74 Å². The first-order valence-corrected chi connectivity index (χ1v) is 12.3. The fourth-order valence-electron chi connectivity index (χ4n) is 3.56. The standard InChI is InChI=1S/C21H25F5N4O4S/c1-14(2)35(32,33)29-7-5-28(6-8-29)18-13-27-30(17-11-15(22)10-16(23)12-17)20(31)19(18)34-9-3-4-21(24,25)26/h10-14H,3-9H2,1-2H3.